The van der Waals surface area contributed by atoms with Gasteiger partial charge in [-0.2, -0.15) is 10.1 Å². The molecule has 39 heavy (non-hydrogen) atoms. The number of imidazole rings is 1. The molecule has 6 aromatic rings. The smallest absolute Gasteiger partial charge is 0.272 e. The Morgan fingerprint density at radius 1 is 1.18 bits per heavy atom. The molecule has 0 radical (unpaired) electrons. The fourth-order valence-corrected chi connectivity index (χ4v) is 4.19. The molecule has 0 fully saturated rings. The number of carbonyl (C=O) groups excluding carboxylic acids is 1. The average molecular weight is 521 g/mol. The molecule has 0 spiro atoms. The number of benzene rings is 1. The van der Waals surface area contributed by atoms with E-state index in [0.717, 1.165) is 0 Å². The number of nitrogens with one attached hydrogen (secondary N) is 1. The molecule has 0 saturated carbocycles. The van der Waals surface area contributed by atoms with Crippen LogP contribution in [0.5, 0.6) is 0 Å². The summed E-state index contributed by atoms with van der Waals surface area (Å²) in [4.78, 5) is 40.1. The highest BCUT2D eigenvalue weighted by Gasteiger charge is 2.25. The standard InChI is InChI=1S/C26H20N10O3/c1-15(31-24(37)20-21(27)29-14-35-11-10-28-23(20)35)22-32-25-19(26(38)36(22)17-6-4-3-5-7-17)18(33-39-25)9-8-16-12-30-34(2)13-16/h3-7,10-15H,27H2,1-2H3,(H,31,37). The molecule has 1 atom stereocenters. The second-order valence-electron chi connectivity index (χ2n) is 8.67. The summed E-state index contributed by atoms with van der Waals surface area (Å²) in [6.45, 7) is 1.69. The largest absolute Gasteiger partial charge is 0.383 e. The van der Waals surface area contributed by atoms with Gasteiger partial charge >= 0.3 is 0 Å². The van der Waals surface area contributed by atoms with Crippen molar-refractivity contribution in [3.8, 4) is 17.5 Å². The monoisotopic (exact) mass is 520 g/mol. The van der Waals surface area contributed by atoms with Gasteiger partial charge in [-0.1, -0.05) is 29.3 Å². The van der Waals surface area contributed by atoms with Crippen LogP contribution in [0, 0.1) is 11.8 Å². The van der Waals surface area contributed by atoms with Crippen molar-refractivity contribution >= 4 is 28.5 Å². The van der Waals surface area contributed by atoms with E-state index in [1.165, 1.54) is 17.1 Å². The molecule has 192 valence electrons. The molecular formula is C26H20N10O3. The Labute approximate surface area is 219 Å². The Balaban J connectivity index is 1.46. The number of nitrogen functional groups attached to an aromatic ring is 1. The molecule has 0 aliphatic carbocycles. The lowest BCUT2D eigenvalue weighted by Crippen LogP contribution is -2.34. The van der Waals surface area contributed by atoms with Crippen molar-refractivity contribution < 1.29 is 9.32 Å². The molecule has 1 amide bonds. The van der Waals surface area contributed by atoms with Crippen molar-refractivity contribution in [2.24, 2.45) is 7.05 Å². The van der Waals surface area contributed by atoms with Gasteiger partial charge in [-0.3, -0.25) is 23.2 Å². The summed E-state index contributed by atoms with van der Waals surface area (Å²) in [5.41, 5.74) is 7.36. The van der Waals surface area contributed by atoms with Gasteiger partial charge in [0.2, 0.25) is 0 Å². The van der Waals surface area contributed by atoms with E-state index in [1.54, 1.807) is 65.9 Å². The average Bonchev–Trinajstić information content (AvgIpc) is 3.67. The molecule has 5 aromatic heterocycles. The highest BCUT2D eigenvalue weighted by atomic mass is 16.5. The third-order valence-electron chi connectivity index (χ3n) is 6.01. The maximum absolute atomic E-state index is 13.9. The van der Waals surface area contributed by atoms with Gasteiger partial charge in [-0.05, 0) is 25.0 Å². The van der Waals surface area contributed by atoms with Crippen LogP contribution in [0.15, 0.2) is 70.8 Å². The third kappa shape index (κ3) is 4.15. The predicted molar refractivity (Wildman–Crippen MR) is 140 cm³/mol. The molecule has 5 heterocycles. The van der Waals surface area contributed by atoms with Crippen LogP contribution in [0.4, 0.5) is 5.82 Å². The summed E-state index contributed by atoms with van der Waals surface area (Å²) >= 11 is 0. The maximum atomic E-state index is 13.9. The lowest BCUT2D eigenvalue weighted by molar-refractivity contribution is 0.0939. The maximum Gasteiger partial charge on any atom is 0.272 e. The van der Waals surface area contributed by atoms with E-state index in [0.29, 0.717) is 16.9 Å². The van der Waals surface area contributed by atoms with Crippen LogP contribution < -0.4 is 16.6 Å². The SMILES string of the molecule is CC(NC(=O)c1c(N)ncn2ccnc12)c1nc2onc(C#Cc3cnn(C)c3)c2c(=O)n1-c1ccccc1. The highest BCUT2D eigenvalue weighted by molar-refractivity contribution is 6.04. The van der Waals surface area contributed by atoms with Crippen molar-refractivity contribution in [1.82, 2.24) is 44.2 Å². The second-order valence-corrected chi connectivity index (χ2v) is 8.67. The van der Waals surface area contributed by atoms with Crippen molar-refractivity contribution in [3.63, 3.8) is 0 Å². The van der Waals surface area contributed by atoms with E-state index in [2.05, 4.69) is 42.4 Å². The lowest BCUT2D eigenvalue weighted by Gasteiger charge is -2.19. The van der Waals surface area contributed by atoms with E-state index < -0.39 is 17.5 Å². The molecule has 13 heteroatoms. The van der Waals surface area contributed by atoms with Gasteiger partial charge in [-0.15, -0.1) is 0 Å². The molecular weight excluding hydrogens is 500 g/mol. The molecule has 0 aliphatic heterocycles. The number of aromatic nitrogens is 8. The molecule has 3 N–H and O–H groups in total. The first-order chi connectivity index (χ1) is 18.9. The highest BCUT2D eigenvalue weighted by Crippen LogP contribution is 2.21. The minimum Gasteiger partial charge on any atom is -0.383 e. The van der Waals surface area contributed by atoms with E-state index in [1.807, 2.05) is 6.07 Å². The third-order valence-corrected chi connectivity index (χ3v) is 6.01. The minimum absolute atomic E-state index is 0.00435. The van der Waals surface area contributed by atoms with Crippen LogP contribution in [0.3, 0.4) is 0 Å². The van der Waals surface area contributed by atoms with Crippen LogP contribution in [0.1, 0.15) is 40.4 Å². The molecule has 1 unspecified atom stereocenters. The summed E-state index contributed by atoms with van der Waals surface area (Å²) in [5, 5.41) is 11.1. The molecule has 1 aromatic carbocycles. The molecule has 0 saturated heterocycles. The van der Waals surface area contributed by atoms with E-state index in [9.17, 15) is 9.59 Å². The number of para-hydroxylation sites is 1. The van der Waals surface area contributed by atoms with Crippen molar-refractivity contribution in [2.75, 3.05) is 5.73 Å². The summed E-state index contributed by atoms with van der Waals surface area (Å²) in [6, 6.07) is 8.17. The Bertz CT molecular complexity index is 1990. The molecule has 0 aliphatic rings. The summed E-state index contributed by atoms with van der Waals surface area (Å²) < 4.78 is 10.0. The summed E-state index contributed by atoms with van der Waals surface area (Å²) in [6.07, 6.45) is 8.01. The molecule has 13 nitrogen and oxygen atoms in total. The number of nitrogens with two attached hydrogens (primary N) is 1. The number of nitrogens with zero attached hydrogens (tertiary/aromatic N) is 8. The van der Waals surface area contributed by atoms with Gasteiger partial charge in [0.1, 0.15) is 28.9 Å². The first kappa shape index (κ1) is 23.6. The molecule has 6 rings (SSSR count). The number of aryl methyl sites for hydroxylation is 1. The first-order valence-electron chi connectivity index (χ1n) is 11.8. The number of rotatable bonds is 4. The Hall–Kier alpha value is -5.77. The number of anilines is 1. The van der Waals surface area contributed by atoms with Crippen LogP contribution >= 0.6 is 0 Å². The van der Waals surface area contributed by atoms with Gasteiger partial charge in [0.25, 0.3) is 17.2 Å². The van der Waals surface area contributed by atoms with Gasteiger partial charge in [0.15, 0.2) is 11.3 Å². The summed E-state index contributed by atoms with van der Waals surface area (Å²) in [5.74, 6) is 5.52. The van der Waals surface area contributed by atoms with Gasteiger partial charge in [-0.25, -0.2) is 9.97 Å². The number of amides is 1. The number of fused-ring (bicyclic) bond motifs is 2. The second kappa shape index (κ2) is 9.27. The Kier molecular flexibility index (Phi) is 5.61. The van der Waals surface area contributed by atoms with Gasteiger partial charge in [0.05, 0.1) is 23.5 Å². The van der Waals surface area contributed by atoms with Crippen molar-refractivity contribution in [1.29, 1.82) is 0 Å². The topological polar surface area (TPSA) is 164 Å². The Morgan fingerprint density at radius 2 is 2.00 bits per heavy atom. The lowest BCUT2D eigenvalue weighted by atomic mass is 10.2. The fourth-order valence-electron chi connectivity index (χ4n) is 4.19. The number of hydrogen-bond donors (Lipinski definition) is 2. The van der Waals surface area contributed by atoms with E-state index in [4.69, 9.17) is 10.3 Å². The normalized spacial score (nSPS) is 11.8. The fraction of sp³-hybridized carbons (Fsp3) is 0.115. The van der Waals surface area contributed by atoms with E-state index >= 15 is 0 Å². The summed E-state index contributed by atoms with van der Waals surface area (Å²) in [7, 11) is 1.78. The van der Waals surface area contributed by atoms with Crippen molar-refractivity contribution in [2.45, 2.75) is 13.0 Å². The number of hydrogen-bond acceptors (Lipinski definition) is 9. The zero-order valence-electron chi connectivity index (χ0n) is 20.7. The Morgan fingerprint density at radius 3 is 2.77 bits per heavy atom. The minimum atomic E-state index is -0.764. The number of carbonyl (C=O) groups is 1. The first-order valence-corrected chi connectivity index (χ1v) is 11.8. The van der Waals surface area contributed by atoms with Crippen LogP contribution in [-0.2, 0) is 7.05 Å². The van der Waals surface area contributed by atoms with Gasteiger partial charge < -0.3 is 15.6 Å². The molecule has 0 bridgehead atoms. The van der Waals surface area contributed by atoms with Crippen molar-refractivity contribution in [3.05, 3.63) is 94.4 Å². The predicted octanol–water partition coefficient (Wildman–Crippen LogP) is 1.62. The van der Waals surface area contributed by atoms with E-state index in [-0.39, 0.29) is 34.0 Å². The zero-order chi connectivity index (χ0) is 27.1. The quantitative estimate of drug-likeness (QED) is 0.329. The van der Waals surface area contributed by atoms with Gasteiger partial charge in [0, 0.05) is 25.6 Å². The zero-order valence-corrected chi connectivity index (χ0v) is 20.7. The van der Waals surface area contributed by atoms with Crippen LogP contribution in [0.25, 0.3) is 22.4 Å². The van der Waals surface area contributed by atoms with Crippen LogP contribution in [0.2, 0.25) is 0 Å². The van der Waals surface area contributed by atoms with Crippen LogP contribution in [-0.4, -0.2) is 44.8 Å².